The number of ketones is 1. The molecule has 0 saturated heterocycles. The van der Waals surface area contributed by atoms with E-state index in [2.05, 4.69) is 5.32 Å². The first-order valence-electron chi connectivity index (χ1n) is 4.86. The van der Waals surface area contributed by atoms with Crippen molar-refractivity contribution in [2.45, 2.75) is 26.7 Å². The quantitative estimate of drug-likeness (QED) is 0.618. The lowest BCUT2D eigenvalue weighted by Gasteiger charge is -2.05. The average Bonchev–Trinajstić information content (AvgIpc) is 2.14. The molecule has 0 heterocycles. The Morgan fingerprint density at radius 1 is 1.29 bits per heavy atom. The van der Waals surface area contributed by atoms with Crippen LogP contribution in [0.5, 0.6) is 0 Å². The van der Waals surface area contributed by atoms with Gasteiger partial charge in [0.15, 0.2) is 0 Å². The van der Waals surface area contributed by atoms with Crippen LogP contribution in [0.15, 0.2) is 0 Å². The van der Waals surface area contributed by atoms with Crippen LogP contribution in [0.1, 0.15) is 26.7 Å². The van der Waals surface area contributed by atoms with Gasteiger partial charge in [0.05, 0.1) is 6.61 Å². The van der Waals surface area contributed by atoms with Gasteiger partial charge in [-0.25, -0.2) is 0 Å². The summed E-state index contributed by atoms with van der Waals surface area (Å²) in [5, 5.41) is 2.66. The summed E-state index contributed by atoms with van der Waals surface area (Å²) in [5.41, 5.74) is 0. The van der Waals surface area contributed by atoms with Gasteiger partial charge in [0, 0.05) is 32.4 Å². The first-order valence-corrected chi connectivity index (χ1v) is 4.86. The normalized spacial score (nSPS) is 10.3. The highest BCUT2D eigenvalue weighted by Gasteiger charge is 2.09. The number of rotatable bonds is 7. The maximum Gasteiger partial charge on any atom is 0.220 e. The second-order valence-corrected chi connectivity index (χ2v) is 3.46. The Morgan fingerprint density at radius 3 is 2.43 bits per heavy atom. The Balaban J connectivity index is 3.49. The molecule has 14 heavy (non-hydrogen) atoms. The number of Topliss-reactive ketones (excluding diaryl/α,β-unsaturated/α-hetero) is 1. The zero-order valence-corrected chi connectivity index (χ0v) is 9.13. The molecule has 0 aliphatic carbocycles. The third-order valence-electron chi connectivity index (χ3n) is 1.87. The predicted octanol–water partition coefficient (Wildman–Crippen LogP) is 0.754. The van der Waals surface area contributed by atoms with Crippen LogP contribution in [0.4, 0.5) is 0 Å². The number of carbonyl (C=O) groups excluding carboxylic acids is 2. The smallest absolute Gasteiger partial charge is 0.220 e. The molecule has 4 nitrogen and oxygen atoms in total. The van der Waals surface area contributed by atoms with Crippen LogP contribution in [0.25, 0.3) is 0 Å². The molecule has 0 aromatic rings. The molecule has 4 heteroatoms. The Kier molecular flexibility index (Phi) is 7.02. The second-order valence-electron chi connectivity index (χ2n) is 3.46. The van der Waals surface area contributed by atoms with E-state index in [9.17, 15) is 9.59 Å². The highest BCUT2D eigenvalue weighted by molar-refractivity contribution is 5.85. The average molecular weight is 201 g/mol. The summed E-state index contributed by atoms with van der Waals surface area (Å²) in [7, 11) is 1.58. The molecule has 0 bridgehead atoms. The van der Waals surface area contributed by atoms with Gasteiger partial charge in [-0.15, -0.1) is 0 Å². The van der Waals surface area contributed by atoms with E-state index in [1.54, 1.807) is 7.11 Å². The molecule has 0 radical (unpaired) electrons. The van der Waals surface area contributed by atoms with Gasteiger partial charge in [0.1, 0.15) is 5.78 Å². The van der Waals surface area contributed by atoms with E-state index in [1.807, 2.05) is 13.8 Å². The van der Waals surface area contributed by atoms with E-state index in [0.29, 0.717) is 19.6 Å². The zero-order chi connectivity index (χ0) is 11.0. The fraction of sp³-hybridized carbons (Fsp3) is 0.800. The van der Waals surface area contributed by atoms with E-state index >= 15 is 0 Å². The highest BCUT2D eigenvalue weighted by atomic mass is 16.5. The number of hydrogen-bond acceptors (Lipinski definition) is 3. The first kappa shape index (κ1) is 13.1. The Bertz CT molecular complexity index is 190. The molecule has 0 atom stereocenters. The summed E-state index contributed by atoms with van der Waals surface area (Å²) in [6.07, 6.45) is 0.608. The van der Waals surface area contributed by atoms with Gasteiger partial charge in [0.2, 0.25) is 5.91 Å². The molecule has 1 amide bonds. The van der Waals surface area contributed by atoms with Crippen molar-refractivity contribution in [2.75, 3.05) is 20.3 Å². The second kappa shape index (κ2) is 7.50. The van der Waals surface area contributed by atoms with Crippen molar-refractivity contribution < 1.29 is 14.3 Å². The predicted molar refractivity (Wildman–Crippen MR) is 54.0 cm³/mol. The van der Waals surface area contributed by atoms with Crippen molar-refractivity contribution in [1.82, 2.24) is 5.32 Å². The lowest BCUT2D eigenvalue weighted by atomic mass is 10.0. The number of nitrogens with one attached hydrogen (secondary N) is 1. The molecule has 0 aliphatic heterocycles. The lowest BCUT2D eigenvalue weighted by molar-refractivity contribution is -0.126. The molecule has 0 aromatic carbocycles. The van der Waals surface area contributed by atoms with Crippen LogP contribution in [0, 0.1) is 5.92 Å². The summed E-state index contributed by atoms with van der Waals surface area (Å²) < 4.78 is 4.77. The number of amides is 1. The maximum atomic E-state index is 11.2. The van der Waals surface area contributed by atoms with Crippen LogP contribution >= 0.6 is 0 Å². The number of carbonyl (C=O) groups is 2. The minimum absolute atomic E-state index is 0.0155. The van der Waals surface area contributed by atoms with Crippen molar-refractivity contribution in [3.63, 3.8) is 0 Å². The van der Waals surface area contributed by atoms with Gasteiger partial charge in [-0.2, -0.15) is 0 Å². The van der Waals surface area contributed by atoms with Gasteiger partial charge in [-0.05, 0) is 0 Å². The van der Waals surface area contributed by atoms with Crippen LogP contribution in [0.2, 0.25) is 0 Å². The maximum absolute atomic E-state index is 11.2. The van der Waals surface area contributed by atoms with Crippen molar-refractivity contribution in [3.8, 4) is 0 Å². The molecular weight excluding hydrogens is 182 g/mol. The van der Waals surface area contributed by atoms with Crippen molar-refractivity contribution in [1.29, 1.82) is 0 Å². The van der Waals surface area contributed by atoms with E-state index in [1.165, 1.54) is 0 Å². The SMILES string of the molecule is COCCNC(=O)CCC(=O)C(C)C. The van der Waals surface area contributed by atoms with Crippen LogP contribution in [-0.4, -0.2) is 32.0 Å². The molecular formula is C10H19NO3. The van der Waals surface area contributed by atoms with Crippen LogP contribution in [-0.2, 0) is 14.3 Å². The molecule has 1 N–H and O–H groups in total. The zero-order valence-electron chi connectivity index (χ0n) is 9.13. The molecule has 82 valence electrons. The Morgan fingerprint density at radius 2 is 1.93 bits per heavy atom. The van der Waals surface area contributed by atoms with Crippen LogP contribution in [0.3, 0.4) is 0 Å². The van der Waals surface area contributed by atoms with Gasteiger partial charge >= 0.3 is 0 Å². The summed E-state index contributed by atoms with van der Waals surface area (Å²) in [6, 6.07) is 0. The molecule has 0 rings (SSSR count). The molecule has 0 aromatic heterocycles. The van der Waals surface area contributed by atoms with Gasteiger partial charge in [0.25, 0.3) is 0 Å². The third kappa shape index (κ3) is 6.60. The van der Waals surface area contributed by atoms with E-state index in [4.69, 9.17) is 4.74 Å². The molecule has 0 unspecified atom stereocenters. The van der Waals surface area contributed by atoms with Gasteiger partial charge in [-0.1, -0.05) is 13.8 Å². The highest BCUT2D eigenvalue weighted by Crippen LogP contribution is 2.01. The largest absolute Gasteiger partial charge is 0.383 e. The van der Waals surface area contributed by atoms with Gasteiger partial charge < -0.3 is 10.1 Å². The Hall–Kier alpha value is -0.900. The molecule has 0 saturated carbocycles. The topological polar surface area (TPSA) is 55.4 Å². The van der Waals surface area contributed by atoms with E-state index in [-0.39, 0.29) is 24.0 Å². The number of hydrogen-bond donors (Lipinski definition) is 1. The fourth-order valence-electron chi connectivity index (χ4n) is 0.906. The minimum Gasteiger partial charge on any atom is -0.383 e. The summed E-state index contributed by atoms with van der Waals surface area (Å²) in [6.45, 7) is 4.69. The fourth-order valence-corrected chi connectivity index (χ4v) is 0.906. The number of methoxy groups -OCH3 is 1. The molecule has 0 spiro atoms. The third-order valence-corrected chi connectivity index (χ3v) is 1.87. The number of ether oxygens (including phenoxy) is 1. The van der Waals surface area contributed by atoms with Crippen LogP contribution < -0.4 is 5.32 Å². The van der Waals surface area contributed by atoms with Crippen molar-refractivity contribution in [2.24, 2.45) is 5.92 Å². The van der Waals surface area contributed by atoms with Crippen molar-refractivity contribution in [3.05, 3.63) is 0 Å². The van der Waals surface area contributed by atoms with E-state index < -0.39 is 0 Å². The lowest BCUT2D eigenvalue weighted by Crippen LogP contribution is -2.27. The summed E-state index contributed by atoms with van der Waals surface area (Å²) >= 11 is 0. The monoisotopic (exact) mass is 201 g/mol. The standard InChI is InChI=1S/C10H19NO3/c1-8(2)9(12)4-5-10(13)11-6-7-14-3/h8H,4-7H2,1-3H3,(H,11,13). The Labute approximate surface area is 85.0 Å². The van der Waals surface area contributed by atoms with E-state index in [0.717, 1.165) is 0 Å². The summed E-state index contributed by atoms with van der Waals surface area (Å²) in [4.78, 5) is 22.3. The van der Waals surface area contributed by atoms with Crippen molar-refractivity contribution >= 4 is 11.7 Å². The minimum atomic E-state index is -0.0870. The first-order chi connectivity index (χ1) is 6.57. The molecule has 0 fully saturated rings. The summed E-state index contributed by atoms with van der Waals surface area (Å²) in [5.74, 6) is 0.0599. The molecule has 0 aliphatic rings. The van der Waals surface area contributed by atoms with Gasteiger partial charge in [-0.3, -0.25) is 9.59 Å².